The quantitative estimate of drug-likeness (QED) is 0.0766. The van der Waals surface area contributed by atoms with Crippen LogP contribution in [0, 0.1) is 15.9 Å². The number of carbonyl (C=O) groups excluding carboxylic acids is 1. The van der Waals surface area contributed by atoms with Gasteiger partial charge in [0.05, 0.1) is 9.82 Å². The van der Waals surface area contributed by atoms with Crippen LogP contribution in [-0.4, -0.2) is 69.7 Å². The number of rotatable bonds is 14. The third-order valence-electron chi connectivity index (χ3n) is 8.32. The first-order valence-electron chi connectivity index (χ1n) is 16.2. The van der Waals surface area contributed by atoms with E-state index in [9.17, 15) is 27.7 Å². The summed E-state index contributed by atoms with van der Waals surface area (Å²) in [6, 6.07) is 26.3. The van der Waals surface area contributed by atoms with Gasteiger partial charge in [0.25, 0.3) is 21.6 Å². The van der Waals surface area contributed by atoms with E-state index in [0.717, 1.165) is 54.7 Å². The lowest BCUT2D eigenvalue weighted by Gasteiger charge is -2.30. The molecule has 0 radical (unpaired) electrons. The minimum atomic E-state index is -4.42. The van der Waals surface area contributed by atoms with E-state index in [1.807, 2.05) is 49.3 Å². The summed E-state index contributed by atoms with van der Waals surface area (Å²) in [6.45, 7) is 2.27. The average molecular weight is 754 g/mol. The molecule has 1 amide bonds. The van der Waals surface area contributed by atoms with Gasteiger partial charge in [-0.2, -0.15) is 0 Å². The van der Waals surface area contributed by atoms with E-state index in [1.165, 1.54) is 29.8 Å². The molecule has 2 N–H and O–H groups in total. The number of amides is 1. The zero-order valence-corrected chi connectivity index (χ0v) is 30.8. The van der Waals surface area contributed by atoms with Crippen molar-refractivity contribution in [3.63, 3.8) is 0 Å². The molecule has 1 heterocycles. The standard InChI is InChI=1S/C37H40FN5O5S2.ClH/c1-41(2)21-20-31(26-49-33-6-4-3-5-7-33)39-35-17-16-34(25-36(35)43(45)46)50(47,48)40-37(44)29-10-14-32(15-11-29)42-22-18-28(19-23-42)24-27-8-12-30(38)13-9-27;/h3-17,24-25,31,39H,18-23,26H2,1-2H3,(H,40,44);1H/t31-;/m1./s1. The number of nitrogens with zero attached hydrogens (tertiary/aromatic N) is 3. The van der Waals surface area contributed by atoms with E-state index in [4.69, 9.17) is 0 Å². The number of hydrogen-bond acceptors (Lipinski definition) is 9. The number of thioether (sulfide) groups is 1. The molecule has 51 heavy (non-hydrogen) atoms. The molecule has 1 aliphatic rings. The number of hydrogen-bond donors (Lipinski definition) is 2. The Kier molecular flexibility index (Phi) is 14.0. The molecular formula is C37H41ClFN5O5S2. The Morgan fingerprint density at radius 3 is 2.29 bits per heavy atom. The van der Waals surface area contributed by atoms with E-state index in [-0.39, 0.29) is 40.4 Å². The number of nitro groups is 1. The number of benzene rings is 4. The largest absolute Gasteiger partial charge is 0.376 e. The monoisotopic (exact) mass is 753 g/mol. The Morgan fingerprint density at radius 1 is 1.00 bits per heavy atom. The number of carbonyl (C=O) groups is 1. The Hall–Kier alpha value is -4.43. The Balaban J connectivity index is 0.00000583. The first-order valence-corrected chi connectivity index (χ1v) is 18.7. The lowest BCUT2D eigenvalue weighted by Crippen LogP contribution is -2.31. The fourth-order valence-electron chi connectivity index (χ4n) is 5.55. The maximum Gasteiger partial charge on any atom is 0.293 e. The normalized spacial score (nSPS) is 13.6. The molecule has 1 atom stereocenters. The van der Waals surface area contributed by atoms with Crippen LogP contribution in [0.25, 0.3) is 6.08 Å². The van der Waals surface area contributed by atoms with Crippen molar-refractivity contribution in [1.82, 2.24) is 9.62 Å². The fraction of sp³-hybridized carbons (Fsp3) is 0.270. The van der Waals surface area contributed by atoms with Gasteiger partial charge in [-0.15, -0.1) is 24.2 Å². The summed E-state index contributed by atoms with van der Waals surface area (Å²) in [5, 5.41) is 15.4. The summed E-state index contributed by atoms with van der Waals surface area (Å²) in [5.74, 6) is -0.472. The van der Waals surface area contributed by atoms with Crippen molar-refractivity contribution < 1.29 is 22.5 Å². The number of anilines is 2. The summed E-state index contributed by atoms with van der Waals surface area (Å²) in [5.41, 5.74) is 3.06. The molecule has 1 fully saturated rings. The molecule has 5 rings (SSSR count). The predicted molar refractivity (Wildman–Crippen MR) is 205 cm³/mol. The van der Waals surface area contributed by atoms with E-state index in [0.29, 0.717) is 12.2 Å². The van der Waals surface area contributed by atoms with Crippen LogP contribution in [0.1, 0.15) is 35.2 Å². The van der Waals surface area contributed by atoms with Crippen LogP contribution < -0.4 is 14.9 Å². The molecule has 0 aliphatic carbocycles. The third-order valence-corrected chi connectivity index (χ3v) is 10.8. The van der Waals surface area contributed by atoms with Crippen LogP contribution in [0.15, 0.2) is 112 Å². The van der Waals surface area contributed by atoms with Crippen LogP contribution >= 0.6 is 24.2 Å². The maximum absolute atomic E-state index is 13.2. The van der Waals surface area contributed by atoms with Crippen LogP contribution in [0.5, 0.6) is 0 Å². The highest BCUT2D eigenvalue weighted by Gasteiger charge is 2.25. The predicted octanol–water partition coefficient (Wildman–Crippen LogP) is 7.48. The van der Waals surface area contributed by atoms with E-state index in [1.54, 1.807) is 48.2 Å². The SMILES string of the molecule is CN(C)CC[C@H](CSc1ccccc1)Nc1ccc(S(=O)(=O)NC(=O)c2ccc(N3CCC(=Cc4ccc(F)cc4)CC3)cc2)cc1[N+](=O)[O-].Cl. The van der Waals surface area contributed by atoms with Gasteiger partial charge in [-0.05, 0) is 106 Å². The van der Waals surface area contributed by atoms with Gasteiger partial charge in [0, 0.05) is 47.1 Å². The lowest BCUT2D eigenvalue weighted by molar-refractivity contribution is -0.384. The first kappa shape index (κ1) is 39.4. The zero-order chi connectivity index (χ0) is 35.7. The molecule has 0 spiro atoms. The molecule has 1 saturated heterocycles. The topological polar surface area (TPSA) is 125 Å². The van der Waals surface area contributed by atoms with Crippen molar-refractivity contribution in [2.75, 3.05) is 49.7 Å². The third kappa shape index (κ3) is 11.3. The number of piperidine rings is 1. The number of nitrogens with one attached hydrogen (secondary N) is 2. The minimum absolute atomic E-state index is 0. The lowest BCUT2D eigenvalue weighted by atomic mass is 10.00. The second kappa shape index (κ2) is 18.2. The van der Waals surface area contributed by atoms with Crippen molar-refractivity contribution in [3.05, 3.63) is 130 Å². The molecule has 270 valence electrons. The number of nitro benzene ring substituents is 1. The molecule has 0 bridgehead atoms. The summed E-state index contributed by atoms with van der Waals surface area (Å²) in [6.07, 6.45) is 4.45. The zero-order valence-electron chi connectivity index (χ0n) is 28.3. The molecule has 0 unspecified atom stereocenters. The maximum atomic E-state index is 13.2. The van der Waals surface area contributed by atoms with Crippen molar-refractivity contribution in [3.8, 4) is 0 Å². The van der Waals surface area contributed by atoms with Crippen LogP contribution in [0.2, 0.25) is 0 Å². The summed E-state index contributed by atoms with van der Waals surface area (Å²) in [4.78, 5) is 29.4. The molecular weight excluding hydrogens is 713 g/mol. The molecule has 1 aliphatic heterocycles. The van der Waals surface area contributed by atoms with Gasteiger partial charge < -0.3 is 15.1 Å². The van der Waals surface area contributed by atoms with Crippen molar-refractivity contribution in [1.29, 1.82) is 0 Å². The number of halogens is 2. The second-order valence-electron chi connectivity index (χ2n) is 12.3. The van der Waals surface area contributed by atoms with Crippen molar-refractivity contribution >= 4 is 63.2 Å². The van der Waals surface area contributed by atoms with Gasteiger partial charge in [-0.3, -0.25) is 14.9 Å². The first-order chi connectivity index (χ1) is 24.0. The van der Waals surface area contributed by atoms with Crippen LogP contribution in [-0.2, 0) is 10.0 Å². The van der Waals surface area contributed by atoms with E-state index >= 15 is 0 Å². The van der Waals surface area contributed by atoms with Gasteiger partial charge in [-0.25, -0.2) is 17.5 Å². The van der Waals surface area contributed by atoms with Crippen LogP contribution in [0.3, 0.4) is 0 Å². The van der Waals surface area contributed by atoms with Crippen molar-refractivity contribution in [2.45, 2.75) is 35.1 Å². The van der Waals surface area contributed by atoms with Gasteiger partial charge in [-0.1, -0.05) is 42.0 Å². The fourth-order valence-corrected chi connectivity index (χ4v) is 7.54. The summed E-state index contributed by atoms with van der Waals surface area (Å²) >= 11 is 1.63. The molecule has 14 heteroatoms. The Morgan fingerprint density at radius 2 is 1.67 bits per heavy atom. The average Bonchev–Trinajstić information content (AvgIpc) is 3.11. The minimum Gasteiger partial charge on any atom is -0.376 e. The Bertz CT molecular complexity index is 1920. The molecule has 0 saturated carbocycles. The van der Waals surface area contributed by atoms with Crippen molar-refractivity contribution in [2.24, 2.45) is 0 Å². The molecule has 10 nitrogen and oxygen atoms in total. The highest BCUT2D eigenvalue weighted by molar-refractivity contribution is 7.99. The van der Waals surface area contributed by atoms with Gasteiger partial charge >= 0.3 is 0 Å². The summed E-state index contributed by atoms with van der Waals surface area (Å²) < 4.78 is 41.7. The Labute approximate surface area is 308 Å². The highest BCUT2D eigenvalue weighted by Crippen LogP contribution is 2.30. The molecule has 0 aromatic heterocycles. The van der Waals surface area contributed by atoms with E-state index < -0.39 is 26.5 Å². The van der Waals surface area contributed by atoms with E-state index in [2.05, 4.69) is 21.0 Å². The molecule has 4 aromatic carbocycles. The van der Waals surface area contributed by atoms with Gasteiger partial charge in [0.15, 0.2) is 0 Å². The molecule has 4 aromatic rings. The number of sulfonamides is 1. The smallest absolute Gasteiger partial charge is 0.293 e. The van der Waals surface area contributed by atoms with Gasteiger partial charge in [0.1, 0.15) is 11.5 Å². The summed E-state index contributed by atoms with van der Waals surface area (Å²) in [7, 11) is -0.518. The van der Waals surface area contributed by atoms with Crippen LogP contribution in [0.4, 0.5) is 21.5 Å². The second-order valence-corrected chi connectivity index (χ2v) is 15.1. The highest BCUT2D eigenvalue weighted by atomic mass is 35.5. The van der Waals surface area contributed by atoms with Gasteiger partial charge in [0.2, 0.25) is 0 Å².